The van der Waals surface area contributed by atoms with Gasteiger partial charge in [-0.1, -0.05) is 25.0 Å². The van der Waals surface area contributed by atoms with Crippen LogP contribution in [-0.4, -0.2) is 10.7 Å². The number of hydrogen-bond acceptors (Lipinski definition) is 1. The van der Waals surface area contributed by atoms with Crippen molar-refractivity contribution in [2.75, 3.05) is 0 Å². The van der Waals surface area contributed by atoms with E-state index in [2.05, 4.69) is 20.8 Å². The average Bonchev–Trinajstić information content (AvgIpc) is 2.15. The Morgan fingerprint density at radius 1 is 1.31 bits per heavy atom. The molecule has 0 aromatic rings. The van der Waals surface area contributed by atoms with Crippen molar-refractivity contribution in [3.05, 3.63) is 11.1 Å². The van der Waals surface area contributed by atoms with Gasteiger partial charge in [0.15, 0.2) is 0 Å². The predicted octanol–water partition coefficient (Wildman–Crippen LogP) is 3.92. The molecule has 0 amide bonds. The van der Waals surface area contributed by atoms with Crippen molar-refractivity contribution in [3.63, 3.8) is 0 Å². The summed E-state index contributed by atoms with van der Waals surface area (Å²) >= 11 is 0. The van der Waals surface area contributed by atoms with Gasteiger partial charge in [0.1, 0.15) is 0 Å². The van der Waals surface area contributed by atoms with Gasteiger partial charge in [0.05, 0.1) is 5.60 Å². The molecule has 92 valence electrons. The first-order valence-corrected chi connectivity index (χ1v) is 6.81. The molecular formula is C15H26O. The van der Waals surface area contributed by atoms with E-state index in [1.165, 1.54) is 12.8 Å². The van der Waals surface area contributed by atoms with Crippen molar-refractivity contribution in [3.8, 4) is 0 Å². The molecule has 1 N–H and O–H groups in total. The fourth-order valence-corrected chi connectivity index (χ4v) is 3.77. The topological polar surface area (TPSA) is 20.2 Å². The first-order chi connectivity index (χ1) is 7.41. The van der Waals surface area contributed by atoms with Gasteiger partial charge in [0.2, 0.25) is 0 Å². The van der Waals surface area contributed by atoms with E-state index >= 15 is 0 Å². The third-order valence-electron chi connectivity index (χ3n) is 4.81. The zero-order valence-corrected chi connectivity index (χ0v) is 11.2. The standard InChI is InChI=1S/C15H26O/c1-10(2)12-6-5-11(3)13-7-8-15(4,16)9-14(12)13/h10,12,14,16H,5-9H2,1-4H3. The fraction of sp³-hybridized carbons (Fsp3) is 0.867. The molecule has 1 saturated carbocycles. The Morgan fingerprint density at radius 2 is 2.00 bits per heavy atom. The van der Waals surface area contributed by atoms with Gasteiger partial charge < -0.3 is 5.11 Å². The fourth-order valence-electron chi connectivity index (χ4n) is 3.77. The van der Waals surface area contributed by atoms with E-state index in [1.54, 1.807) is 11.1 Å². The van der Waals surface area contributed by atoms with Crippen molar-refractivity contribution >= 4 is 0 Å². The van der Waals surface area contributed by atoms with E-state index in [9.17, 15) is 5.11 Å². The van der Waals surface area contributed by atoms with Crippen LogP contribution >= 0.6 is 0 Å². The molecule has 1 nitrogen and oxygen atoms in total. The highest BCUT2D eigenvalue weighted by Gasteiger charge is 2.40. The third-order valence-corrected chi connectivity index (χ3v) is 4.81. The Hall–Kier alpha value is -0.300. The molecule has 0 aromatic carbocycles. The molecule has 2 aliphatic rings. The maximum atomic E-state index is 10.3. The number of allylic oxidation sites excluding steroid dienone is 2. The van der Waals surface area contributed by atoms with Crippen LogP contribution in [-0.2, 0) is 0 Å². The molecule has 0 bridgehead atoms. The Balaban J connectivity index is 2.26. The molecule has 3 unspecified atom stereocenters. The van der Waals surface area contributed by atoms with Crippen LogP contribution in [0.15, 0.2) is 11.1 Å². The minimum absolute atomic E-state index is 0.418. The van der Waals surface area contributed by atoms with Crippen LogP contribution in [0.5, 0.6) is 0 Å². The summed E-state index contributed by atoms with van der Waals surface area (Å²) in [4.78, 5) is 0. The minimum Gasteiger partial charge on any atom is -0.390 e. The summed E-state index contributed by atoms with van der Waals surface area (Å²) in [6, 6.07) is 0. The van der Waals surface area contributed by atoms with Crippen molar-refractivity contribution < 1.29 is 5.11 Å². The lowest BCUT2D eigenvalue weighted by Crippen LogP contribution is -2.39. The first kappa shape index (κ1) is 12.2. The minimum atomic E-state index is -0.418. The van der Waals surface area contributed by atoms with E-state index < -0.39 is 5.60 Å². The SMILES string of the molecule is CC1=C2CCC(C)(O)CC2C(C(C)C)CC1. The van der Waals surface area contributed by atoms with Crippen molar-refractivity contribution in [1.82, 2.24) is 0 Å². The van der Waals surface area contributed by atoms with Crippen LogP contribution in [0.2, 0.25) is 0 Å². The van der Waals surface area contributed by atoms with Crippen LogP contribution in [0.3, 0.4) is 0 Å². The summed E-state index contributed by atoms with van der Waals surface area (Å²) in [5.74, 6) is 2.21. The number of hydrogen-bond donors (Lipinski definition) is 1. The maximum Gasteiger partial charge on any atom is 0.0628 e. The number of rotatable bonds is 1. The summed E-state index contributed by atoms with van der Waals surface area (Å²) in [5, 5.41) is 10.3. The first-order valence-electron chi connectivity index (χ1n) is 6.81. The van der Waals surface area contributed by atoms with E-state index in [4.69, 9.17) is 0 Å². The molecule has 0 heterocycles. The highest BCUT2D eigenvalue weighted by Crippen LogP contribution is 2.48. The molecule has 0 aliphatic heterocycles. The van der Waals surface area contributed by atoms with Gasteiger partial charge in [-0.15, -0.1) is 0 Å². The lowest BCUT2D eigenvalue weighted by atomic mass is 9.62. The van der Waals surface area contributed by atoms with Crippen LogP contribution in [0, 0.1) is 17.8 Å². The summed E-state index contributed by atoms with van der Waals surface area (Å²) in [7, 11) is 0. The van der Waals surface area contributed by atoms with Gasteiger partial charge in [0, 0.05) is 0 Å². The largest absolute Gasteiger partial charge is 0.390 e. The lowest BCUT2D eigenvalue weighted by Gasteiger charge is -2.45. The van der Waals surface area contributed by atoms with Crippen LogP contribution in [0.1, 0.15) is 59.8 Å². The second kappa shape index (κ2) is 4.18. The molecule has 0 spiro atoms. The summed E-state index contributed by atoms with van der Waals surface area (Å²) < 4.78 is 0. The maximum absolute atomic E-state index is 10.3. The van der Waals surface area contributed by atoms with Crippen LogP contribution in [0.25, 0.3) is 0 Å². The molecule has 3 atom stereocenters. The van der Waals surface area contributed by atoms with Gasteiger partial charge in [-0.3, -0.25) is 0 Å². The van der Waals surface area contributed by atoms with Crippen molar-refractivity contribution in [2.24, 2.45) is 17.8 Å². The van der Waals surface area contributed by atoms with Crippen LogP contribution in [0.4, 0.5) is 0 Å². The van der Waals surface area contributed by atoms with Crippen molar-refractivity contribution in [1.29, 1.82) is 0 Å². The molecule has 1 fully saturated rings. The monoisotopic (exact) mass is 222 g/mol. The lowest BCUT2D eigenvalue weighted by molar-refractivity contribution is -0.00186. The Morgan fingerprint density at radius 3 is 2.62 bits per heavy atom. The normalized spacial score (nSPS) is 40.1. The zero-order chi connectivity index (χ0) is 11.9. The van der Waals surface area contributed by atoms with Gasteiger partial charge in [-0.2, -0.15) is 0 Å². The highest BCUT2D eigenvalue weighted by atomic mass is 16.3. The highest BCUT2D eigenvalue weighted by molar-refractivity contribution is 5.23. The number of aliphatic hydroxyl groups is 1. The molecule has 2 aliphatic carbocycles. The van der Waals surface area contributed by atoms with E-state index in [-0.39, 0.29) is 0 Å². The van der Waals surface area contributed by atoms with Gasteiger partial charge in [0.25, 0.3) is 0 Å². The second-order valence-electron chi connectivity index (χ2n) is 6.56. The summed E-state index contributed by atoms with van der Waals surface area (Å²) in [6.07, 6.45) is 5.70. The van der Waals surface area contributed by atoms with Gasteiger partial charge in [-0.05, 0) is 63.7 Å². The van der Waals surface area contributed by atoms with Gasteiger partial charge >= 0.3 is 0 Å². The van der Waals surface area contributed by atoms with Gasteiger partial charge in [-0.25, -0.2) is 0 Å². The molecule has 0 radical (unpaired) electrons. The molecule has 0 aromatic heterocycles. The smallest absolute Gasteiger partial charge is 0.0628 e. The summed E-state index contributed by atoms with van der Waals surface area (Å²) in [5.41, 5.74) is 2.90. The zero-order valence-electron chi connectivity index (χ0n) is 11.2. The van der Waals surface area contributed by atoms with E-state index in [1.807, 2.05) is 6.92 Å². The van der Waals surface area contributed by atoms with E-state index in [0.717, 1.165) is 31.1 Å². The predicted molar refractivity (Wildman–Crippen MR) is 68.2 cm³/mol. The Bertz CT molecular complexity index is 299. The molecule has 2 rings (SSSR count). The molecular weight excluding hydrogens is 196 g/mol. The molecule has 1 heteroatoms. The number of fused-ring (bicyclic) bond motifs is 1. The van der Waals surface area contributed by atoms with Crippen LogP contribution < -0.4 is 0 Å². The third kappa shape index (κ3) is 2.20. The molecule has 16 heavy (non-hydrogen) atoms. The molecule has 0 saturated heterocycles. The second-order valence-corrected chi connectivity index (χ2v) is 6.56. The van der Waals surface area contributed by atoms with E-state index in [0.29, 0.717) is 5.92 Å². The quantitative estimate of drug-likeness (QED) is 0.667. The Labute approximate surface area is 99.9 Å². The Kier molecular flexibility index (Phi) is 3.18. The van der Waals surface area contributed by atoms with Crippen molar-refractivity contribution in [2.45, 2.75) is 65.4 Å². The summed E-state index contributed by atoms with van der Waals surface area (Å²) in [6.45, 7) is 9.00. The average molecular weight is 222 g/mol.